The molecule has 0 aromatic heterocycles. The Hall–Kier alpha value is -0.650. The number of nitrogens with one attached hydrogen (secondary N) is 1. The highest BCUT2D eigenvalue weighted by Crippen LogP contribution is 2.33. The van der Waals surface area contributed by atoms with Crippen molar-refractivity contribution >= 4 is 5.91 Å². The van der Waals surface area contributed by atoms with E-state index in [9.17, 15) is 4.79 Å². The van der Waals surface area contributed by atoms with E-state index in [1.807, 2.05) is 0 Å². The van der Waals surface area contributed by atoms with Gasteiger partial charge in [0, 0.05) is 25.2 Å². The summed E-state index contributed by atoms with van der Waals surface area (Å²) in [4.78, 5) is 14.6. The summed E-state index contributed by atoms with van der Waals surface area (Å²) in [5.41, 5.74) is 5.21. The smallest absolute Gasteiger partial charge is 0.237 e. The quantitative estimate of drug-likeness (QED) is 0.820. The van der Waals surface area contributed by atoms with E-state index in [1.54, 1.807) is 0 Å². The fourth-order valence-corrected chi connectivity index (χ4v) is 4.05. The van der Waals surface area contributed by atoms with Gasteiger partial charge < -0.3 is 15.8 Å². The van der Waals surface area contributed by atoms with Gasteiger partial charge in [0.15, 0.2) is 0 Å². The van der Waals surface area contributed by atoms with Crippen molar-refractivity contribution in [3.8, 4) is 0 Å². The monoisotopic (exact) mass is 297 g/mol. The third-order valence-electron chi connectivity index (χ3n) is 4.73. The number of ether oxygens (including phenoxy) is 1. The minimum Gasteiger partial charge on any atom is -0.373 e. The van der Waals surface area contributed by atoms with Gasteiger partial charge in [0.05, 0.1) is 17.7 Å². The first kappa shape index (κ1) is 16.7. The van der Waals surface area contributed by atoms with Gasteiger partial charge in [-0.15, -0.1) is 0 Å². The molecule has 0 aromatic rings. The Morgan fingerprint density at radius 1 is 1.33 bits per heavy atom. The first-order valence-corrected chi connectivity index (χ1v) is 8.29. The number of morpholine rings is 1. The van der Waals surface area contributed by atoms with E-state index in [2.05, 4.69) is 37.9 Å². The van der Waals surface area contributed by atoms with Gasteiger partial charge in [0.1, 0.15) is 0 Å². The molecule has 5 nitrogen and oxygen atoms in total. The summed E-state index contributed by atoms with van der Waals surface area (Å²) < 4.78 is 5.82. The number of amides is 1. The molecule has 21 heavy (non-hydrogen) atoms. The van der Waals surface area contributed by atoms with Crippen molar-refractivity contribution in [1.29, 1.82) is 0 Å². The molecule has 1 heterocycles. The van der Waals surface area contributed by atoms with Crippen LogP contribution in [0.5, 0.6) is 0 Å². The number of nitrogens with zero attached hydrogens (tertiary/aromatic N) is 1. The molecule has 5 heteroatoms. The van der Waals surface area contributed by atoms with Crippen LogP contribution in [-0.2, 0) is 9.53 Å². The SMILES string of the molecule is CC(C)NC1(C(N)=O)CCCC(N2CC(C)OC(C)C2)C1. The fourth-order valence-electron chi connectivity index (χ4n) is 4.05. The molecule has 1 saturated carbocycles. The largest absolute Gasteiger partial charge is 0.373 e. The molecule has 0 radical (unpaired) electrons. The Bertz CT molecular complexity index is 365. The van der Waals surface area contributed by atoms with E-state index in [-0.39, 0.29) is 24.2 Å². The average Bonchev–Trinajstić information content (AvgIpc) is 2.36. The topological polar surface area (TPSA) is 67.6 Å². The van der Waals surface area contributed by atoms with E-state index in [4.69, 9.17) is 10.5 Å². The molecule has 4 unspecified atom stereocenters. The Morgan fingerprint density at radius 3 is 2.48 bits per heavy atom. The molecule has 1 saturated heterocycles. The minimum absolute atomic E-state index is 0.199. The summed E-state index contributed by atoms with van der Waals surface area (Å²) in [6.07, 6.45) is 4.39. The van der Waals surface area contributed by atoms with Crippen molar-refractivity contribution in [2.75, 3.05) is 13.1 Å². The summed E-state index contributed by atoms with van der Waals surface area (Å²) in [5, 5.41) is 3.45. The van der Waals surface area contributed by atoms with Crippen molar-refractivity contribution in [3.63, 3.8) is 0 Å². The highest BCUT2D eigenvalue weighted by Gasteiger charge is 2.44. The van der Waals surface area contributed by atoms with Crippen LogP contribution in [0.2, 0.25) is 0 Å². The molecule has 4 atom stereocenters. The number of nitrogens with two attached hydrogens (primary N) is 1. The number of primary amides is 1. The van der Waals surface area contributed by atoms with Crippen LogP contribution in [0.15, 0.2) is 0 Å². The average molecular weight is 297 g/mol. The van der Waals surface area contributed by atoms with E-state index < -0.39 is 5.54 Å². The summed E-state index contributed by atoms with van der Waals surface area (Å²) in [6.45, 7) is 10.3. The molecule has 1 amide bonds. The highest BCUT2D eigenvalue weighted by atomic mass is 16.5. The highest BCUT2D eigenvalue weighted by molar-refractivity contribution is 5.85. The standard InChI is InChI=1S/C16H31N3O2/c1-11(2)18-16(15(17)20)7-5-6-14(8-16)19-9-12(3)21-13(4)10-19/h11-14,18H,5-10H2,1-4H3,(H2,17,20). The maximum atomic E-state index is 12.1. The zero-order valence-corrected chi connectivity index (χ0v) is 13.9. The zero-order valence-electron chi connectivity index (χ0n) is 13.9. The molecular formula is C16H31N3O2. The van der Waals surface area contributed by atoms with Crippen LogP contribution in [0.25, 0.3) is 0 Å². The van der Waals surface area contributed by atoms with Gasteiger partial charge in [0.2, 0.25) is 5.91 Å². The second-order valence-electron chi connectivity index (χ2n) is 7.21. The Kier molecular flexibility index (Phi) is 5.28. The van der Waals surface area contributed by atoms with E-state index in [1.165, 1.54) is 0 Å². The molecule has 2 aliphatic rings. The van der Waals surface area contributed by atoms with Crippen LogP contribution in [-0.4, -0.2) is 53.7 Å². The van der Waals surface area contributed by atoms with Gasteiger partial charge >= 0.3 is 0 Å². The van der Waals surface area contributed by atoms with Gasteiger partial charge in [-0.25, -0.2) is 0 Å². The van der Waals surface area contributed by atoms with Crippen molar-refractivity contribution in [1.82, 2.24) is 10.2 Å². The van der Waals surface area contributed by atoms with Gasteiger partial charge in [-0.1, -0.05) is 0 Å². The normalized spacial score (nSPS) is 38.6. The van der Waals surface area contributed by atoms with Crippen LogP contribution >= 0.6 is 0 Å². The number of hydrogen-bond donors (Lipinski definition) is 2. The summed E-state index contributed by atoms with van der Waals surface area (Å²) >= 11 is 0. The molecule has 0 spiro atoms. The van der Waals surface area contributed by atoms with Crippen molar-refractivity contribution in [2.24, 2.45) is 5.73 Å². The number of carbonyl (C=O) groups is 1. The molecule has 1 aliphatic heterocycles. The summed E-state index contributed by atoms with van der Waals surface area (Å²) in [6, 6.07) is 0.685. The Morgan fingerprint density at radius 2 is 1.95 bits per heavy atom. The third kappa shape index (κ3) is 3.96. The maximum Gasteiger partial charge on any atom is 0.237 e. The van der Waals surface area contributed by atoms with Crippen molar-refractivity contribution in [2.45, 2.75) is 83.2 Å². The molecule has 2 fully saturated rings. The van der Waals surface area contributed by atoms with E-state index >= 15 is 0 Å². The predicted octanol–water partition coefficient (Wildman–Crippen LogP) is 1.26. The van der Waals surface area contributed by atoms with Crippen LogP contribution in [0.1, 0.15) is 53.4 Å². The number of rotatable bonds is 4. The molecule has 122 valence electrons. The second kappa shape index (κ2) is 6.63. The van der Waals surface area contributed by atoms with Crippen LogP contribution in [0, 0.1) is 0 Å². The number of hydrogen-bond acceptors (Lipinski definition) is 4. The van der Waals surface area contributed by atoms with E-state index in [0.29, 0.717) is 6.04 Å². The third-order valence-corrected chi connectivity index (χ3v) is 4.73. The Labute approximate surface area is 128 Å². The molecule has 2 rings (SSSR count). The van der Waals surface area contributed by atoms with Gasteiger partial charge in [0.25, 0.3) is 0 Å². The molecular weight excluding hydrogens is 266 g/mol. The lowest BCUT2D eigenvalue weighted by Gasteiger charge is -2.47. The van der Waals surface area contributed by atoms with Crippen LogP contribution < -0.4 is 11.1 Å². The lowest BCUT2D eigenvalue weighted by molar-refractivity contribution is -0.129. The van der Waals surface area contributed by atoms with Gasteiger partial charge in [-0.2, -0.15) is 0 Å². The summed E-state index contributed by atoms with van der Waals surface area (Å²) in [7, 11) is 0. The Balaban J connectivity index is 2.09. The molecule has 1 aliphatic carbocycles. The fraction of sp³-hybridized carbons (Fsp3) is 0.938. The van der Waals surface area contributed by atoms with Crippen molar-refractivity contribution in [3.05, 3.63) is 0 Å². The second-order valence-corrected chi connectivity index (χ2v) is 7.21. The lowest BCUT2D eigenvalue weighted by atomic mass is 9.77. The van der Waals surface area contributed by atoms with Gasteiger partial charge in [-0.05, 0) is 53.4 Å². The number of carbonyl (C=O) groups excluding carboxylic acids is 1. The van der Waals surface area contributed by atoms with E-state index in [0.717, 1.165) is 38.8 Å². The molecule has 3 N–H and O–H groups in total. The van der Waals surface area contributed by atoms with Crippen LogP contribution in [0.4, 0.5) is 0 Å². The van der Waals surface area contributed by atoms with Crippen molar-refractivity contribution < 1.29 is 9.53 Å². The van der Waals surface area contributed by atoms with Crippen LogP contribution in [0.3, 0.4) is 0 Å². The molecule has 0 bridgehead atoms. The molecule has 0 aromatic carbocycles. The minimum atomic E-state index is -0.540. The van der Waals surface area contributed by atoms with Gasteiger partial charge in [-0.3, -0.25) is 9.69 Å². The first-order chi connectivity index (χ1) is 9.82. The summed E-state index contributed by atoms with van der Waals surface area (Å²) in [5.74, 6) is -0.199. The lowest BCUT2D eigenvalue weighted by Crippen LogP contribution is -2.63. The first-order valence-electron chi connectivity index (χ1n) is 8.29. The predicted molar refractivity (Wildman–Crippen MR) is 84.0 cm³/mol. The zero-order chi connectivity index (χ0) is 15.6. The maximum absolute atomic E-state index is 12.1.